The molecule has 1 heterocycles. The van der Waals surface area contributed by atoms with E-state index in [2.05, 4.69) is 0 Å². The summed E-state index contributed by atoms with van der Waals surface area (Å²) in [6.07, 6.45) is 0. The number of carboxylic acids is 1. The van der Waals surface area contributed by atoms with Gasteiger partial charge in [0.1, 0.15) is 11.8 Å². The van der Waals surface area contributed by atoms with Gasteiger partial charge in [-0.1, -0.05) is 0 Å². The van der Waals surface area contributed by atoms with E-state index < -0.39 is 12.0 Å². The molecule has 1 aliphatic rings. The van der Waals surface area contributed by atoms with Gasteiger partial charge in [0.25, 0.3) is 5.91 Å². The van der Waals surface area contributed by atoms with Crippen molar-refractivity contribution < 1.29 is 19.4 Å². The van der Waals surface area contributed by atoms with E-state index in [-0.39, 0.29) is 5.91 Å². The van der Waals surface area contributed by atoms with Crippen molar-refractivity contribution >= 4 is 29.3 Å². The summed E-state index contributed by atoms with van der Waals surface area (Å²) in [5.74, 6) is -0.227. The van der Waals surface area contributed by atoms with Gasteiger partial charge in [-0.25, -0.2) is 4.79 Å². The van der Waals surface area contributed by atoms with Gasteiger partial charge in [0, 0.05) is 17.5 Å². The van der Waals surface area contributed by atoms with Crippen molar-refractivity contribution in [3.8, 4) is 5.75 Å². The van der Waals surface area contributed by atoms with E-state index in [0.29, 0.717) is 28.6 Å². The van der Waals surface area contributed by atoms with E-state index in [1.54, 1.807) is 18.2 Å². The average Bonchev–Trinajstić information content (AvgIpc) is 2.87. The third kappa shape index (κ3) is 2.60. The number of carbonyl (C=O) groups is 2. The van der Waals surface area contributed by atoms with E-state index in [1.807, 2.05) is 0 Å². The van der Waals surface area contributed by atoms with Gasteiger partial charge in [-0.3, -0.25) is 4.79 Å². The number of benzene rings is 1. The lowest BCUT2D eigenvalue weighted by Gasteiger charge is -2.21. The van der Waals surface area contributed by atoms with Crippen LogP contribution < -0.4 is 10.5 Å². The fraction of sp³-hybridized carbons (Fsp3) is 0.333. The number of hydrogen-bond acceptors (Lipinski definition) is 5. The second kappa shape index (κ2) is 5.40. The molecule has 1 amide bonds. The number of rotatable bonds is 3. The van der Waals surface area contributed by atoms with Crippen LogP contribution in [0.25, 0.3) is 0 Å². The second-order valence-corrected chi connectivity index (χ2v) is 5.09. The van der Waals surface area contributed by atoms with Gasteiger partial charge in [-0.15, -0.1) is 11.8 Å². The lowest BCUT2D eigenvalue weighted by Crippen LogP contribution is -2.41. The summed E-state index contributed by atoms with van der Waals surface area (Å²) in [6, 6.07) is 3.90. The Morgan fingerprint density at radius 2 is 2.26 bits per heavy atom. The molecule has 1 fully saturated rings. The van der Waals surface area contributed by atoms with Gasteiger partial charge < -0.3 is 20.5 Å². The van der Waals surface area contributed by atoms with Crippen LogP contribution in [0.2, 0.25) is 0 Å². The maximum atomic E-state index is 12.4. The normalized spacial score (nSPS) is 18.4. The standard InChI is InChI=1S/C12H14N2O4S/c1-18-10-4-7(13)2-3-8(10)11(15)14-6-19-5-9(14)12(16)17/h2-4,9H,5-6,13H2,1H3,(H,16,17). The Hall–Kier alpha value is -1.89. The maximum Gasteiger partial charge on any atom is 0.327 e. The SMILES string of the molecule is COc1cc(N)ccc1C(=O)N1CSCC1C(=O)O. The van der Waals surface area contributed by atoms with Crippen molar-refractivity contribution in [2.75, 3.05) is 24.5 Å². The van der Waals surface area contributed by atoms with E-state index in [0.717, 1.165) is 0 Å². The van der Waals surface area contributed by atoms with Gasteiger partial charge >= 0.3 is 5.97 Å². The zero-order chi connectivity index (χ0) is 14.0. The highest BCUT2D eigenvalue weighted by Crippen LogP contribution is 2.28. The first-order valence-corrected chi connectivity index (χ1v) is 6.75. The van der Waals surface area contributed by atoms with E-state index in [9.17, 15) is 9.59 Å². The van der Waals surface area contributed by atoms with Crippen LogP contribution in [-0.2, 0) is 4.79 Å². The molecule has 0 saturated carbocycles. The molecule has 102 valence electrons. The molecule has 1 saturated heterocycles. The van der Waals surface area contributed by atoms with Crippen LogP contribution in [0.15, 0.2) is 18.2 Å². The third-order valence-corrected chi connectivity index (χ3v) is 3.90. The van der Waals surface area contributed by atoms with Crippen molar-refractivity contribution in [2.24, 2.45) is 0 Å². The van der Waals surface area contributed by atoms with Gasteiger partial charge in [-0.2, -0.15) is 0 Å². The molecule has 7 heteroatoms. The highest BCUT2D eigenvalue weighted by Gasteiger charge is 2.35. The molecule has 19 heavy (non-hydrogen) atoms. The van der Waals surface area contributed by atoms with Crippen molar-refractivity contribution in [1.82, 2.24) is 4.90 Å². The van der Waals surface area contributed by atoms with Gasteiger partial charge in [0.15, 0.2) is 0 Å². The molecule has 3 N–H and O–H groups in total. The van der Waals surface area contributed by atoms with E-state index in [1.165, 1.54) is 23.8 Å². The number of thioether (sulfide) groups is 1. The smallest absolute Gasteiger partial charge is 0.327 e. The Bertz CT molecular complexity index is 520. The molecule has 1 unspecified atom stereocenters. The van der Waals surface area contributed by atoms with E-state index >= 15 is 0 Å². The molecule has 0 aromatic heterocycles. The molecule has 1 aromatic carbocycles. The number of carbonyl (C=O) groups excluding carboxylic acids is 1. The minimum Gasteiger partial charge on any atom is -0.496 e. The topological polar surface area (TPSA) is 92.9 Å². The number of nitrogens with two attached hydrogens (primary N) is 1. The molecular weight excluding hydrogens is 268 g/mol. The molecule has 1 aromatic rings. The highest BCUT2D eigenvalue weighted by molar-refractivity contribution is 7.99. The maximum absolute atomic E-state index is 12.4. The van der Waals surface area contributed by atoms with Crippen molar-refractivity contribution in [1.29, 1.82) is 0 Å². The molecule has 6 nitrogen and oxygen atoms in total. The predicted molar refractivity (Wildman–Crippen MR) is 72.3 cm³/mol. The summed E-state index contributed by atoms with van der Waals surface area (Å²) in [6.45, 7) is 0. The van der Waals surface area contributed by atoms with Crippen molar-refractivity contribution in [3.63, 3.8) is 0 Å². The first-order valence-electron chi connectivity index (χ1n) is 5.59. The molecule has 0 spiro atoms. The number of nitrogen functional groups attached to an aromatic ring is 1. The Morgan fingerprint density at radius 1 is 1.53 bits per heavy atom. The minimum atomic E-state index is -0.993. The molecule has 0 bridgehead atoms. The van der Waals surface area contributed by atoms with Crippen LogP contribution >= 0.6 is 11.8 Å². The number of ether oxygens (including phenoxy) is 1. The molecule has 2 rings (SSSR count). The zero-order valence-electron chi connectivity index (χ0n) is 10.3. The van der Waals surface area contributed by atoms with Crippen LogP contribution in [-0.4, -0.2) is 46.7 Å². The predicted octanol–water partition coefficient (Wildman–Crippen LogP) is 0.877. The molecule has 0 aliphatic carbocycles. The quantitative estimate of drug-likeness (QED) is 0.799. The van der Waals surface area contributed by atoms with Crippen LogP contribution in [0.1, 0.15) is 10.4 Å². The number of nitrogens with zero attached hydrogens (tertiary/aromatic N) is 1. The Morgan fingerprint density at radius 3 is 2.89 bits per heavy atom. The largest absolute Gasteiger partial charge is 0.496 e. The lowest BCUT2D eigenvalue weighted by atomic mass is 10.1. The van der Waals surface area contributed by atoms with Crippen LogP contribution in [0, 0.1) is 0 Å². The summed E-state index contributed by atoms with van der Waals surface area (Å²) in [7, 11) is 1.44. The van der Waals surface area contributed by atoms with Gasteiger partial charge in [-0.05, 0) is 12.1 Å². The number of amides is 1. The number of hydrogen-bond donors (Lipinski definition) is 2. The molecular formula is C12H14N2O4S. The minimum absolute atomic E-state index is 0.324. The molecule has 1 atom stereocenters. The summed E-state index contributed by atoms with van der Waals surface area (Å²) in [5, 5.41) is 9.09. The second-order valence-electron chi connectivity index (χ2n) is 4.09. The molecule has 1 aliphatic heterocycles. The van der Waals surface area contributed by atoms with Crippen LogP contribution in [0.3, 0.4) is 0 Å². The van der Waals surface area contributed by atoms with Gasteiger partial charge in [0.05, 0.1) is 18.6 Å². The van der Waals surface area contributed by atoms with E-state index in [4.69, 9.17) is 15.6 Å². The fourth-order valence-electron chi connectivity index (χ4n) is 1.89. The Kier molecular flexibility index (Phi) is 3.84. The summed E-state index contributed by atoms with van der Waals surface area (Å²) in [5.41, 5.74) is 6.44. The third-order valence-electron chi connectivity index (χ3n) is 2.88. The first-order chi connectivity index (χ1) is 9.04. The molecule has 0 radical (unpaired) electrons. The Labute approximate surface area is 114 Å². The van der Waals surface area contributed by atoms with Crippen molar-refractivity contribution in [3.05, 3.63) is 23.8 Å². The average molecular weight is 282 g/mol. The van der Waals surface area contributed by atoms with Crippen LogP contribution in [0.5, 0.6) is 5.75 Å². The Balaban J connectivity index is 2.31. The summed E-state index contributed by atoms with van der Waals surface area (Å²) >= 11 is 1.42. The summed E-state index contributed by atoms with van der Waals surface area (Å²) < 4.78 is 5.12. The number of methoxy groups -OCH3 is 1. The fourth-order valence-corrected chi connectivity index (χ4v) is 3.03. The van der Waals surface area contributed by atoms with Gasteiger partial charge in [0.2, 0.25) is 0 Å². The van der Waals surface area contributed by atoms with Crippen LogP contribution in [0.4, 0.5) is 5.69 Å². The summed E-state index contributed by atoms with van der Waals surface area (Å²) in [4.78, 5) is 24.8. The lowest BCUT2D eigenvalue weighted by molar-refractivity contribution is -0.140. The number of anilines is 1. The number of carboxylic acid groups (broad SMARTS) is 1. The van der Waals surface area contributed by atoms with Crippen molar-refractivity contribution in [2.45, 2.75) is 6.04 Å². The first kappa shape index (κ1) is 13.5. The highest BCUT2D eigenvalue weighted by atomic mass is 32.2. The zero-order valence-corrected chi connectivity index (χ0v) is 11.1. The number of aliphatic carboxylic acids is 1. The monoisotopic (exact) mass is 282 g/mol.